The Kier molecular flexibility index (Phi) is 3.71. The maximum Gasteiger partial charge on any atom is 0.333 e. The summed E-state index contributed by atoms with van der Waals surface area (Å²) in [5.41, 5.74) is -0.981. The summed E-state index contributed by atoms with van der Waals surface area (Å²) in [6.45, 7) is 0. The predicted molar refractivity (Wildman–Crippen MR) is 81.4 cm³/mol. The average Bonchev–Trinajstić information content (AvgIpc) is 3.13. The SMILES string of the molecule is Cn1c(Oc2cccc(-c3nnco3)c2)c(C#N)c(=O)n(C)c1=O. The van der Waals surface area contributed by atoms with Gasteiger partial charge in [0.15, 0.2) is 5.56 Å². The highest BCUT2D eigenvalue weighted by atomic mass is 16.5. The van der Waals surface area contributed by atoms with Gasteiger partial charge in [0.2, 0.25) is 18.2 Å². The van der Waals surface area contributed by atoms with Gasteiger partial charge in [0, 0.05) is 19.7 Å². The van der Waals surface area contributed by atoms with Crippen LogP contribution in [0.1, 0.15) is 5.56 Å². The first-order valence-electron chi connectivity index (χ1n) is 6.77. The molecule has 9 nitrogen and oxygen atoms in total. The highest BCUT2D eigenvalue weighted by molar-refractivity contribution is 5.55. The fraction of sp³-hybridized carbons (Fsp3) is 0.133. The minimum Gasteiger partial charge on any atom is -0.439 e. The van der Waals surface area contributed by atoms with Crippen molar-refractivity contribution in [2.24, 2.45) is 14.1 Å². The van der Waals surface area contributed by atoms with Gasteiger partial charge in [-0.15, -0.1) is 10.2 Å². The van der Waals surface area contributed by atoms with E-state index in [4.69, 9.17) is 9.15 Å². The number of rotatable bonds is 3. The summed E-state index contributed by atoms with van der Waals surface area (Å²) >= 11 is 0. The van der Waals surface area contributed by atoms with Gasteiger partial charge in [-0.1, -0.05) is 6.07 Å². The van der Waals surface area contributed by atoms with Crippen molar-refractivity contribution in [3.05, 3.63) is 57.1 Å². The topological polar surface area (TPSA) is 116 Å². The van der Waals surface area contributed by atoms with Crippen LogP contribution in [0.5, 0.6) is 11.6 Å². The first-order valence-corrected chi connectivity index (χ1v) is 6.77. The minimum absolute atomic E-state index is 0.131. The Labute approximate surface area is 135 Å². The zero-order valence-electron chi connectivity index (χ0n) is 12.8. The molecule has 0 unspecified atom stereocenters. The zero-order valence-corrected chi connectivity index (χ0v) is 12.8. The quantitative estimate of drug-likeness (QED) is 0.699. The van der Waals surface area contributed by atoms with Crippen LogP contribution in [-0.4, -0.2) is 19.3 Å². The van der Waals surface area contributed by atoms with E-state index in [-0.39, 0.29) is 11.4 Å². The molecule has 0 saturated heterocycles. The molecule has 3 rings (SSSR count). The summed E-state index contributed by atoms with van der Waals surface area (Å²) in [7, 11) is 2.71. The first-order chi connectivity index (χ1) is 11.5. The molecule has 0 N–H and O–H groups in total. The summed E-state index contributed by atoms with van der Waals surface area (Å²) in [4.78, 5) is 24.1. The van der Waals surface area contributed by atoms with Crippen LogP contribution in [0.3, 0.4) is 0 Å². The third kappa shape index (κ3) is 2.46. The highest BCUT2D eigenvalue weighted by Crippen LogP contribution is 2.26. The molecule has 0 amide bonds. The molecule has 0 bridgehead atoms. The van der Waals surface area contributed by atoms with Crippen LogP contribution in [0.25, 0.3) is 11.5 Å². The molecular weight excluding hydrogens is 314 g/mol. The Morgan fingerprint density at radius 2 is 2.04 bits per heavy atom. The normalized spacial score (nSPS) is 10.4. The molecule has 2 aromatic heterocycles. The van der Waals surface area contributed by atoms with Crippen molar-refractivity contribution in [1.82, 2.24) is 19.3 Å². The Balaban J connectivity index is 2.10. The van der Waals surface area contributed by atoms with Crippen LogP contribution < -0.4 is 16.0 Å². The summed E-state index contributed by atoms with van der Waals surface area (Å²) in [5.74, 6) is 0.470. The molecule has 0 radical (unpaired) electrons. The predicted octanol–water partition coefficient (Wildman–Crippen LogP) is 0.798. The van der Waals surface area contributed by atoms with E-state index in [9.17, 15) is 14.9 Å². The van der Waals surface area contributed by atoms with E-state index in [0.29, 0.717) is 17.2 Å². The molecule has 0 atom stereocenters. The summed E-state index contributed by atoms with van der Waals surface area (Å²) in [6, 6.07) is 8.40. The molecule has 9 heteroatoms. The summed E-state index contributed by atoms with van der Waals surface area (Å²) < 4.78 is 12.7. The molecule has 3 aromatic rings. The van der Waals surface area contributed by atoms with Crippen molar-refractivity contribution in [2.75, 3.05) is 0 Å². The van der Waals surface area contributed by atoms with Crippen molar-refractivity contribution in [1.29, 1.82) is 5.26 Å². The van der Waals surface area contributed by atoms with Crippen LogP contribution in [0.4, 0.5) is 0 Å². The zero-order chi connectivity index (χ0) is 17.3. The number of nitriles is 1. The highest BCUT2D eigenvalue weighted by Gasteiger charge is 2.18. The standard InChI is InChI=1S/C15H11N5O4/c1-19-13(21)11(7-16)14(20(2)15(19)22)24-10-5-3-4-9(6-10)12-18-17-8-23-12/h3-6,8H,1-2H3. The van der Waals surface area contributed by atoms with Crippen molar-refractivity contribution < 1.29 is 9.15 Å². The third-order valence-corrected chi connectivity index (χ3v) is 3.38. The van der Waals surface area contributed by atoms with Gasteiger partial charge in [-0.2, -0.15) is 5.26 Å². The molecule has 0 fully saturated rings. The number of ether oxygens (including phenoxy) is 1. The molecule has 0 saturated carbocycles. The van der Waals surface area contributed by atoms with Gasteiger partial charge >= 0.3 is 5.69 Å². The Hall–Kier alpha value is -3.67. The lowest BCUT2D eigenvalue weighted by Crippen LogP contribution is -2.38. The molecule has 1 aromatic carbocycles. The van der Waals surface area contributed by atoms with Crippen molar-refractivity contribution in [3.8, 4) is 29.2 Å². The molecule has 0 aliphatic rings. The molecule has 24 heavy (non-hydrogen) atoms. The second-order valence-electron chi connectivity index (χ2n) is 4.87. The maximum absolute atomic E-state index is 12.1. The number of hydrogen-bond donors (Lipinski definition) is 0. The summed E-state index contributed by atoms with van der Waals surface area (Å²) in [6.07, 6.45) is 1.20. The lowest BCUT2D eigenvalue weighted by atomic mass is 10.2. The van der Waals surface area contributed by atoms with Gasteiger partial charge in [0.1, 0.15) is 11.8 Å². The monoisotopic (exact) mass is 325 g/mol. The van der Waals surface area contributed by atoms with Gasteiger partial charge in [0.25, 0.3) is 5.56 Å². The second kappa shape index (κ2) is 5.85. The van der Waals surface area contributed by atoms with E-state index >= 15 is 0 Å². The van der Waals surface area contributed by atoms with E-state index in [1.807, 2.05) is 0 Å². The lowest BCUT2D eigenvalue weighted by molar-refractivity contribution is 0.421. The van der Waals surface area contributed by atoms with Crippen LogP contribution >= 0.6 is 0 Å². The van der Waals surface area contributed by atoms with Crippen LogP contribution in [0, 0.1) is 11.3 Å². The number of hydrogen-bond acceptors (Lipinski definition) is 7. The number of benzene rings is 1. The number of nitrogens with zero attached hydrogens (tertiary/aromatic N) is 5. The van der Waals surface area contributed by atoms with Crippen molar-refractivity contribution in [2.45, 2.75) is 0 Å². The third-order valence-electron chi connectivity index (χ3n) is 3.38. The van der Waals surface area contributed by atoms with Gasteiger partial charge in [-0.05, 0) is 18.2 Å². The van der Waals surface area contributed by atoms with Gasteiger partial charge < -0.3 is 9.15 Å². The van der Waals surface area contributed by atoms with Gasteiger partial charge in [-0.25, -0.2) is 4.79 Å². The van der Waals surface area contributed by atoms with E-state index in [1.54, 1.807) is 30.3 Å². The Morgan fingerprint density at radius 1 is 1.25 bits per heavy atom. The average molecular weight is 325 g/mol. The fourth-order valence-corrected chi connectivity index (χ4v) is 2.14. The van der Waals surface area contributed by atoms with Crippen LogP contribution in [0.15, 0.2) is 44.7 Å². The largest absolute Gasteiger partial charge is 0.439 e. The smallest absolute Gasteiger partial charge is 0.333 e. The van der Waals surface area contributed by atoms with Crippen molar-refractivity contribution in [3.63, 3.8) is 0 Å². The van der Waals surface area contributed by atoms with Gasteiger partial charge in [-0.3, -0.25) is 13.9 Å². The molecule has 0 spiro atoms. The van der Waals surface area contributed by atoms with E-state index in [2.05, 4.69) is 10.2 Å². The molecule has 2 heterocycles. The number of aromatic nitrogens is 4. The lowest BCUT2D eigenvalue weighted by Gasteiger charge is -2.12. The van der Waals surface area contributed by atoms with Crippen molar-refractivity contribution >= 4 is 0 Å². The fourth-order valence-electron chi connectivity index (χ4n) is 2.14. The Bertz CT molecular complexity index is 1060. The summed E-state index contributed by atoms with van der Waals surface area (Å²) in [5, 5.41) is 16.6. The molecule has 120 valence electrons. The molecular formula is C15H11N5O4. The molecule has 0 aliphatic heterocycles. The van der Waals surface area contributed by atoms with E-state index in [1.165, 1.54) is 20.5 Å². The van der Waals surface area contributed by atoms with Crippen LogP contribution in [0.2, 0.25) is 0 Å². The Morgan fingerprint density at radius 3 is 2.71 bits per heavy atom. The van der Waals surface area contributed by atoms with E-state index in [0.717, 1.165) is 9.13 Å². The minimum atomic E-state index is -0.719. The van der Waals surface area contributed by atoms with Crippen LogP contribution in [-0.2, 0) is 14.1 Å². The molecule has 0 aliphatic carbocycles. The second-order valence-corrected chi connectivity index (χ2v) is 4.87. The maximum atomic E-state index is 12.1. The first kappa shape index (κ1) is 15.2. The van der Waals surface area contributed by atoms with Gasteiger partial charge in [0.05, 0.1) is 0 Å². The van der Waals surface area contributed by atoms with E-state index < -0.39 is 11.2 Å².